The van der Waals surface area contributed by atoms with Gasteiger partial charge in [-0.15, -0.1) is 0 Å². The van der Waals surface area contributed by atoms with Crippen molar-refractivity contribution in [1.29, 1.82) is 0 Å². The second kappa shape index (κ2) is 5.29. The third-order valence-electron chi connectivity index (χ3n) is 4.52. The summed E-state index contributed by atoms with van der Waals surface area (Å²) >= 11 is 0. The Balaban J connectivity index is 2.16. The molecule has 1 N–H and O–H groups in total. The molecule has 2 rings (SSSR count). The highest BCUT2D eigenvalue weighted by atomic mass is 16.4. The maximum absolute atomic E-state index is 11.6. The summed E-state index contributed by atoms with van der Waals surface area (Å²) in [6, 6.07) is 6.04. The van der Waals surface area contributed by atoms with E-state index in [-0.39, 0.29) is 12.0 Å². The van der Waals surface area contributed by atoms with Crippen molar-refractivity contribution in [3.63, 3.8) is 0 Å². The zero-order valence-corrected chi connectivity index (χ0v) is 11.8. The first-order chi connectivity index (χ1) is 8.97. The number of carboxylic acid groups (broad SMARTS) is 1. The fourth-order valence-corrected chi connectivity index (χ4v) is 2.90. The molecule has 2 heterocycles. The van der Waals surface area contributed by atoms with Crippen molar-refractivity contribution >= 4 is 5.97 Å². The number of pyridine rings is 1. The average molecular weight is 262 g/mol. The van der Waals surface area contributed by atoms with Gasteiger partial charge in [-0.25, -0.2) is 0 Å². The van der Waals surface area contributed by atoms with Gasteiger partial charge >= 0.3 is 5.97 Å². The Morgan fingerprint density at radius 2 is 2.16 bits per heavy atom. The van der Waals surface area contributed by atoms with Crippen molar-refractivity contribution in [2.24, 2.45) is 11.3 Å². The van der Waals surface area contributed by atoms with Crippen LogP contribution in [0.5, 0.6) is 0 Å². The zero-order valence-electron chi connectivity index (χ0n) is 11.8. The van der Waals surface area contributed by atoms with Crippen LogP contribution in [-0.2, 0) is 4.79 Å². The van der Waals surface area contributed by atoms with E-state index in [2.05, 4.69) is 16.8 Å². The van der Waals surface area contributed by atoms with Crippen LogP contribution >= 0.6 is 0 Å². The molecule has 2 atom stereocenters. The van der Waals surface area contributed by atoms with Gasteiger partial charge in [-0.1, -0.05) is 19.9 Å². The average Bonchev–Trinajstić information content (AvgIpc) is 2.85. The van der Waals surface area contributed by atoms with E-state index in [4.69, 9.17) is 0 Å². The summed E-state index contributed by atoms with van der Waals surface area (Å²) < 4.78 is 0. The van der Waals surface area contributed by atoms with Crippen LogP contribution < -0.4 is 0 Å². The van der Waals surface area contributed by atoms with Gasteiger partial charge in [0.2, 0.25) is 0 Å². The summed E-state index contributed by atoms with van der Waals surface area (Å²) in [6.07, 6.45) is 2.51. The quantitative estimate of drug-likeness (QED) is 0.906. The number of likely N-dealkylation sites (tertiary alicyclic amines) is 1. The maximum atomic E-state index is 11.6. The lowest BCUT2D eigenvalue weighted by Gasteiger charge is -2.30. The first-order valence-electron chi connectivity index (χ1n) is 6.86. The highest BCUT2D eigenvalue weighted by Crippen LogP contribution is 2.40. The molecule has 1 aromatic rings. The van der Waals surface area contributed by atoms with Gasteiger partial charge in [0.15, 0.2) is 0 Å². The van der Waals surface area contributed by atoms with E-state index in [1.54, 1.807) is 6.20 Å². The molecular weight excluding hydrogens is 240 g/mol. The number of aromatic nitrogens is 1. The molecule has 0 radical (unpaired) electrons. The molecule has 4 heteroatoms. The van der Waals surface area contributed by atoms with Gasteiger partial charge in [0.25, 0.3) is 0 Å². The molecule has 1 aliphatic rings. The molecule has 0 amide bonds. The van der Waals surface area contributed by atoms with Crippen LogP contribution in [0, 0.1) is 11.3 Å². The fourth-order valence-electron chi connectivity index (χ4n) is 2.90. The zero-order chi connectivity index (χ0) is 14.0. The van der Waals surface area contributed by atoms with Crippen LogP contribution in [0.15, 0.2) is 24.4 Å². The maximum Gasteiger partial charge on any atom is 0.311 e. The SMILES string of the molecule is CC(c1ccccn1)N1CCC(C(=O)O)(C(C)C)C1. The molecule has 1 aromatic heterocycles. The van der Waals surface area contributed by atoms with Crippen molar-refractivity contribution in [2.45, 2.75) is 33.2 Å². The predicted molar refractivity (Wildman–Crippen MR) is 73.7 cm³/mol. The van der Waals surface area contributed by atoms with Gasteiger partial charge in [0, 0.05) is 18.8 Å². The molecule has 0 spiro atoms. The summed E-state index contributed by atoms with van der Waals surface area (Å²) in [7, 11) is 0. The Morgan fingerprint density at radius 3 is 2.63 bits per heavy atom. The standard InChI is InChI=1S/C15H22N2O2/c1-11(2)15(14(18)19)7-9-17(10-15)12(3)13-6-4-5-8-16-13/h4-6,8,11-12H,7,9-10H2,1-3H3,(H,18,19). The van der Waals surface area contributed by atoms with Gasteiger partial charge in [0.1, 0.15) is 0 Å². The van der Waals surface area contributed by atoms with Gasteiger partial charge < -0.3 is 5.11 Å². The fraction of sp³-hybridized carbons (Fsp3) is 0.600. The van der Waals surface area contributed by atoms with E-state index in [1.807, 2.05) is 32.0 Å². The minimum absolute atomic E-state index is 0.144. The van der Waals surface area contributed by atoms with Gasteiger partial charge in [-0.2, -0.15) is 0 Å². The molecule has 1 aliphatic heterocycles. The topological polar surface area (TPSA) is 53.4 Å². The van der Waals surface area contributed by atoms with Crippen molar-refractivity contribution in [1.82, 2.24) is 9.88 Å². The molecule has 4 nitrogen and oxygen atoms in total. The molecule has 1 fully saturated rings. The Kier molecular flexibility index (Phi) is 3.90. The molecule has 0 saturated carbocycles. The van der Waals surface area contributed by atoms with Gasteiger partial charge in [-0.05, 0) is 37.9 Å². The molecule has 104 valence electrons. The largest absolute Gasteiger partial charge is 0.481 e. The van der Waals surface area contributed by atoms with Crippen LogP contribution in [-0.4, -0.2) is 34.0 Å². The van der Waals surface area contributed by atoms with Crippen molar-refractivity contribution < 1.29 is 9.90 Å². The summed E-state index contributed by atoms with van der Waals surface area (Å²) in [5.74, 6) is -0.524. The van der Waals surface area contributed by atoms with Crippen LogP contribution in [0.1, 0.15) is 38.9 Å². The number of hydrogen-bond donors (Lipinski definition) is 1. The third kappa shape index (κ3) is 2.50. The summed E-state index contributed by atoms with van der Waals surface area (Å²) in [5.41, 5.74) is 0.399. The molecule has 19 heavy (non-hydrogen) atoms. The Bertz CT molecular complexity index is 447. The van der Waals surface area contributed by atoms with E-state index in [0.29, 0.717) is 6.54 Å². The normalized spacial score (nSPS) is 25.7. The number of rotatable bonds is 4. The van der Waals surface area contributed by atoms with Crippen molar-refractivity contribution in [2.75, 3.05) is 13.1 Å². The highest BCUT2D eigenvalue weighted by molar-refractivity contribution is 5.75. The predicted octanol–water partition coefficient (Wildman–Crippen LogP) is 2.58. The third-order valence-corrected chi connectivity index (χ3v) is 4.52. The summed E-state index contributed by atoms with van der Waals surface area (Å²) in [5, 5.41) is 9.56. The van der Waals surface area contributed by atoms with Crippen molar-refractivity contribution in [3.8, 4) is 0 Å². The number of hydrogen-bond acceptors (Lipinski definition) is 3. The molecule has 0 bridgehead atoms. The van der Waals surface area contributed by atoms with E-state index < -0.39 is 11.4 Å². The number of carbonyl (C=O) groups is 1. The lowest BCUT2D eigenvalue weighted by Crippen LogP contribution is -2.39. The number of carboxylic acids is 1. The molecule has 0 aromatic carbocycles. The smallest absolute Gasteiger partial charge is 0.311 e. The summed E-state index contributed by atoms with van der Waals surface area (Å²) in [4.78, 5) is 18.2. The summed E-state index contributed by atoms with van der Waals surface area (Å²) in [6.45, 7) is 7.53. The minimum atomic E-state index is -0.668. The first-order valence-corrected chi connectivity index (χ1v) is 6.86. The van der Waals surface area contributed by atoms with Crippen LogP contribution in [0.4, 0.5) is 0 Å². The van der Waals surface area contributed by atoms with Crippen LogP contribution in [0.2, 0.25) is 0 Å². The van der Waals surface area contributed by atoms with Crippen molar-refractivity contribution in [3.05, 3.63) is 30.1 Å². The highest BCUT2D eigenvalue weighted by Gasteiger charge is 2.48. The van der Waals surface area contributed by atoms with Gasteiger partial charge in [0.05, 0.1) is 11.1 Å². The van der Waals surface area contributed by atoms with E-state index in [1.165, 1.54) is 0 Å². The minimum Gasteiger partial charge on any atom is -0.481 e. The monoisotopic (exact) mass is 262 g/mol. The first kappa shape index (κ1) is 14.0. The number of aliphatic carboxylic acids is 1. The van der Waals surface area contributed by atoms with Gasteiger partial charge in [-0.3, -0.25) is 14.7 Å². The number of nitrogens with zero attached hydrogens (tertiary/aromatic N) is 2. The Labute approximate surface area is 114 Å². The van der Waals surface area contributed by atoms with Crippen LogP contribution in [0.3, 0.4) is 0 Å². The molecular formula is C15H22N2O2. The molecule has 1 saturated heterocycles. The van der Waals surface area contributed by atoms with E-state index >= 15 is 0 Å². The lowest BCUT2D eigenvalue weighted by atomic mass is 9.76. The second-order valence-electron chi connectivity index (χ2n) is 5.77. The Morgan fingerprint density at radius 1 is 1.42 bits per heavy atom. The van der Waals surface area contributed by atoms with E-state index in [9.17, 15) is 9.90 Å². The molecule has 0 aliphatic carbocycles. The molecule has 2 unspecified atom stereocenters. The second-order valence-corrected chi connectivity index (χ2v) is 5.77. The van der Waals surface area contributed by atoms with E-state index in [0.717, 1.165) is 18.7 Å². The Hall–Kier alpha value is -1.42. The lowest BCUT2D eigenvalue weighted by molar-refractivity contribution is -0.151. The van der Waals surface area contributed by atoms with Crippen LogP contribution in [0.25, 0.3) is 0 Å².